The maximum Gasteiger partial charge on any atom is 0.265 e. The highest BCUT2D eigenvalue weighted by molar-refractivity contribution is 7.92. The molecular formula is C38H41ClFN3O7S. The van der Waals surface area contributed by atoms with Crippen LogP contribution in [0.5, 0.6) is 17.2 Å². The van der Waals surface area contributed by atoms with Crippen molar-refractivity contribution >= 4 is 39.1 Å². The van der Waals surface area contributed by atoms with Crippen molar-refractivity contribution in [2.45, 2.75) is 55.6 Å². The van der Waals surface area contributed by atoms with Gasteiger partial charge in [-0.25, -0.2) is 12.8 Å². The lowest BCUT2D eigenvalue weighted by Crippen LogP contribution is -2.54. The Morgan fingerprint density at radius 3 is 2.14 bits per heavy atom. The summed E-state index contributed by atoms with van der Waals surface area (Å²) in [6.45, 7) is -0.845. The van der Waals surface area contributed by atoms with Gasteiger partial charge in [-0.2, -0.15) is 0 Å². The highest BCUT2D eigenvalue weighted by Gasteiger charge is 2.37. The lowest BCUT2D eigenvalue weighted by Gasteiger charge is -2.34. The molecule has 1 atom stereocenters. The van der Waals surface area contributed by atoms with Crippen molar-refractivity contribution < 1.29 is 36.6 Å². The molecule has 5 rings (SSSR count). The zero-order valence-electron chi connectivity index (χ0n) is 28.7. The molecule has 4 aromatic rings. The fourth-order valence-electron chi connectivity index (χ4n) is 6.18. The van der Waals surface area contributed by atoms with Gasteiger partial charge in [-0.15, -0.1) is 0 Å². The Morgan fingerprint density at radius 2 is 1.49 bits per heavy atom. The summed E-state index contributed by atoms with van der Waals surface area (Å²) in [5.41, 5.74) is 1.35. The average molecular weight is 738 g/mol. The van der Waals surface area contributed by atoms with E-state index >= 15 is 0 Å². The molecule has 0 spiro atoms. The number of ether oxygens (including phenoxy) is 3. The van der Waals surface area contributed by atoms with E-state index in [-0.39, 0.29) is 52.0 Å². The van der Waals surface area contributed by atoms with Gasteiger partial charge in [0, 0.05) is 30.1 Å². The molecule has 4 aromatic carbocycles. The first-order valence-electron chi connectivity index (χ1n) is 16.5. The van der Waals surface area contributed by atoms with Gasteiger partial charge in [-0.3, -0.25) is 13.9 Å². The lowest BCUT2D eigenvalue weighted by atomic mass is 10.0. The number of hydrogen-bond acceptors (Lipinski definition) is 7. The highest BCUT2D eigenvalue weighted by atomic mass is 35.5. The van der Waals surface area contributed by atoms with Gasteiger partial charge >= 0.3 is 0 Å². The molecule has 1 N–H and O–H groups in total. The molecule has 13 heteroatoms. The van der Waals surface area contributed by atoms with E-state index in [1.54, 1.807) is 0 Å². The van der Waals surface area contributed by atoms with Crippen LogP contribution in [0.15, 0.2) is 95.9 Å². The van der Waals surface area contributed by atoms with Crippen molar-refractivity contribution in [3.63, 3.8) is 0 Å². The van der Waals surface area contributed by atoms with Crippen LogP contribution in [0.3, 0.4) is 0 Å². The first kappa shape index (κ1) is 37.4. The highest BCUT2D eigenvalue weighted by Crippen LogP contribution is 2.37. The molecule has 0 radical (unpaired) electrons. The number of carbonyl (C=O) groups excluding carboxylic acids is 2. The van der Waals surface area contributed by atoms with E-state index in [4.69, 9.17) is 25.8 Å². The van der Waals surface area contributed by atoms with Crippen LogP contribution in [-0.4, -0.2) is 65.1 Å². The fraction of sp³-hybridized carbons (Fsp3) is 0.316. The maximum absolute atomic E-state index is 14.8. The number of halogens is 2. The van der Waals surface area contributed by atoms with Gasteiger partial charge in [-0.05, 0) is 66.4 Å². The summed E-state index contributed by atoms with van der Waals surface area (Å²) in [6.07, 6.45) is 3.76. The minimum absolute atomic E-state index is 0.00452. The number of carbonyl (C=O) groups is 2. The summed E-state index contributed by atoms with van der Waals surface area (Å²) >= 11 is 6.39. The van der Waals surface area contributed by atoms with Gasteiger partial charge in [0.15, 0.2) is 11.5 Å². The second kappa shape index (κ2) is 16.9. The second-order valence-corrected chi connectivity index (χ2v) is 14.5. The third-order valence-corrected chi connectivity index (χ3v) is 10.9. The SMILES string of the molecule is COc1ccc(S(=O)(=O)N(CC(=O)N(Cc2ccc(F)cc2)[C@H](Cc2ccccc2)C(=O)NC2CCCC2)c2cc(Cl)ccc2OC)cc1OC. The first-order valence-corrected chi connectivity index (χ1v) is 18.3. The fourth-order valence-corrected chi connectivity index (χ4v) is 7.78. The normalized spacial score (nSPS) is 13.7. The molecule has 10 nitrogen and oxygen atoms in total. The smallest absolute Gasteiger partial charge is 0.265 e. The monoisotopic (exact) mass is 737 g/mol. The topological polar surface area (TPSA) is 114 Å². The number of anilines is 1. The molecule has 2 amide bonds. The van der Waals surface area contributed by atoms with Crippen molar-refractivity contribution in [1.29, 1.82) is 0 Å². The number of rotatable bonds is 15. The lowest BCUT2D eigenvalue weighted by molar-refractivity contribution is -0.140. The van der Waals surface area contributed by atoms with Crippen LogP contribution in [0.4, 0.5) is 10.1 Å². The summed E-state index contributed by atoms with van der Waals surface area (Å²) in [5, 5.41) is 3.33. The molecule has 0 unspecified atom stereocenters. The Kier molecular flexibility index (Phi) is 12.4. The second-order valence-electron chi connectivity index (χ2n) is 12.2. The van der Waals surface area contributed by atoms with Crippen LogP contribution in [-0.2, 0) is 32.6 Å². The van der Waals surface area contributed by atoms with E-state index in [2.05, 4.69) is 5.32 Å². The number of benzene rings is 4. The largest absolute Gasteiger partial charge is 0.495 e. The van der Waals surface area contributed by atoms with Crippen LogP contribution in [0, 0.1) is 5.82 Å². The summed E-state index contributed by atoms with van der Waals surface area (Å²) in [5.74, 6) is -0.907. The van der Waals surface area contributed by atoms with Crippen molar-refractivity contribution in [3.05, 3.63) is 113 Å². The summed E-state index contributed by atoms with van der Waals surface area (Å²) < 4.78 is 60.3. The predicted octanol–water partition coefficient (Wildman–Crippen LogP) is 6.40. The number of amides is 2. The summed E-state index contributed by atoms with van der Waals surface area (Å²) in [6, 6.07) is 22.3. The quantitative estimate of drug-likeness (QED) is 0.150. The van der Waals surface area contributed by atoms with Crippen molar-refractivity contribution in [2.24, 2.45) is 0 Å². The first-order chi connectivity index (χ1) is 24.5. The van der Waals surface area contributed by atoms with Crippen LogP contribution in [0.25, 0.3) is 0 Å². The van der Waals surface area contributed by atoms with Gasteiger partial charge in [0.1, 0.15) is 24.2 Å². The van der Waals surface area contributed by atoms with E-state index in [9.17, 15) is 22.4 Å². The number of nitrogens with one attached hydrogen (secondary N) is 1. The van der Waals surface area contributed by atoms with Crippen LogP contribution in [0.1, 0.15) is 36.8 Å². The van der Waals surface area contributed by atoms with E-state index in [0.717, 1.165) is 35.6 Å². The van der Waals surface area contributed by atoms with E-state index < -0.39 is 34.3 Å². The standard InChI is InChI=1S/C38H41ClFN3O7S/c1-48-34-19-15-28(39)22-32(34)43(51(46,47)31-18-20-35(49-2)36(23-31)50-3)25-37(44)42(24-27-13-16-29(40)17-14-27)33(21-26-9-5-4-6-10-26)38(45)41-30-11-7-8-12-30/h4-6,9-10,13-20,22-23,30,33H,7-8,11-12,21,24-25H2,1-3H3,(H,41,45)/t33-/m1/s1. The Labute approximate surface area is 303 Å². The van der Waals surface area contributed by atoms with Gasteiger partial charge in [0.05, 0.1) is 31.9 Å². The molecule has 51 heavy (non-hydrogen) atoms. The zero-order valence-corrected chi connectivity index (χ0v) is 30.3. The summed E-state index contributed by atoms with van der Waals surface area (Å²) in [7, 11) is -0.345. The Balaban J connectivity index is 1.62. The molecule has 270 valence electrons. The number of sulfonamides is 1. The van der Waals surface area contributed by atoms with Gasteiger partial charge in [-0.1, -0.05) is 66.9 Å². The minimum Gasteiger partial charge on any atom is -0.495 e. The molecule has 0 aromatic heterocycles. The molecule has 0 saturated heterocycles. The van der Waals surface area contributed by atoms with E-state index in [1.807, 2.05) is 30.3 Å². The number of hydrogen-bond donors (Lipinski definition) is 1. The maximum atomic E-state index is 14.8. The van der Waals surface area contributed by atoms with E-state index in [1.165, 1.54) is 86.9 Å². The van der Waals surface area contributed by atoms with Crippen molar-refractivity contribution in [2.75, 3.05) is 32.2 Å². The van der Waals surface area contributed by atoms with Gasteiger partial charge in [0.2, 0.25) is 11.8 Å². The molecule has 0 bridgehead atoms. The molecule has 1 aliphatic carbocycles. The molecular weight excluding hydrogens is 697 g/mol. The van der Waals surface area contributed by atoms with Gasteiger partial charge < -0.3 is 24.4 Å². The molecule has 0 aliphatic heterocycles. The molecule has 1 saturated carbocycles. The number of methoxy groups -OCH3 is 3. The summed E-state index contributed by atoms with van der Waals surface area (Å²) in [4.78, 5) is 30.2. The van der Waals surface area contributed by atoms with E-state index in [0.29, 0.717) is 11.3 Å². The number of nitrogens with zero attached hydrogens (tertiary/aromatic N) is 2. The van der Waals surface area contributed by atoms with Crippen LogP contribution < -0.4 is 23.8 Å². The van der Waals surface area contributed by atoms with Crippen molar-refractivity contribution in [1.82, 2.24) is 10.2 Å². The Morgan fingerprint density at radius 1 is 0.843 bits per heavy atom. The zero-order chi connectivity index (χ0) is 36.5. The average Bonchev–Trinajstić information content (AvgIpc) is 3.65. The molecule has 1 aliphatic rings. The third kappa shape index (κ3) is 9.11. The van der Waals surface area contributed by atoms with Crippen LogP contribution in [0.2, 0.25) is 5.02 Å². The predicted molar refractivity (Wildman–Crippen MR) is 193 cm³/mol. The minimum atomic E-state index is -4.53. The van der Waals surface area contributed by atoms with Crippen molar-refractivity contribution in [3.8, 4) is 17.2 Å². The van der Waals surface area contributed by atoms with Gasteiger partial charge in [0.25, 0.3) is 10.0 Å². The molecule has 1 fully saturated rings. The third-order valence-electron chi connectivity index (χ3n) is 8.87. The Bertz CT molecular complexity index is 1920. The van der Waals surface area contributed by atoms with Crippen LogP contribution >= 0.6 is 11.6 Å². The Hall–Kier alpha value is -4.81. The molecule has 0 heterocycles.